The lowest BCUT2D eigenvalue weighted by atomic mass is 10.3. The van der Waals surface area contributed by atoms with Crippen LogP contribution in [0.3, 0.4) is 0 Å². The lowest BCUT2D eigenvalue weighted by Gasteiger charge is -2.13. The smallest absolute Gasteiger partial charge is 0.347 e. The summed E-state index contributed by atoms with van der Waals surface area (Å²) in [6.45, 7) is 0.950. The summed E-state index contributed by atoms with van der Waals surface area (Å²) in [4.78, 5) is 34.8. The maximum atomic E-state index is 11.7. The first kappa shape index (κ1) is 17.1. The Morgan fingerprint density at radius 1 is 1.08 bits per heavy atom. The molecule has 0 aliphatic carbocycles. The number of amides is 2. The van der Waals surface area contributed by atoms with Gasteiger partial charge in [0.05, 0.1) is 6.26 Å². The lowest BCUT2D eigenvalue weighted by molar-refractivity contribution is -0.154. The number of nitrogens with one attached hydrogen (secondary N) is 2. The molecule has 126 valence electrons. The van der Waals surface area contributed by atoms with Crippen LogP contribution in [-0.4, -0.2) is 30.5 Å². The number of esters is 1. The molecular weight excluding hydrogens is 316 g/mol. The summed E-state index contributed by atoms with van der Waals surface area (Å²) in [7, 11) is 0. The second-order valence-corrected chi connectivity index (χ2v) is 4.66. The quantitative estimate of drug-likeness (QED) is 0.605. The largest absolute Gasteiger partial charge is 0.479 e. The minimum atomic E-state index is -0.877. The van der Waals surface area contributed by atoms with E-state index >= 15 is 0 Å². The van der Waals surface area contributed by atoms with E-state index in [0.717, 1.165) is 0 Å². The van der Waals surface area contributed by atoms with Gasteiger partial charge in [0.2, 0.25) is 0 Å². The number of hydrogen-bond donors (Lipinski definition) is 2. The molecule has 0 radical (unpaired) electrons. The molecule has 2 rings (SSSR count). The Morgan fingerprint density at radius 2 is 1.83 bits per heavy atom. The van der Waals surface area contributed by atoms with Crippen molar-refractivity contribution in [2.45, 2.75) is 13.0 Å². The number of para-hydroxylation sites is 1. The number of furan rings is 1. The molecule has 8 nitrogen and oxygen atoms in total. The van der Waals surface area contributed by atoms with Crippen molar-refractivity contribution in [3.05, 3.63) is 54.5 Å². The first-order chi connectivity index (χ1) is 11.6. The van der Waals surface area contributed by atoms with Crippen LogP contribution in [0.25, 0.3) is 0 Å². The molecule has 0 bridgehead atoms. The Hall–Kier alpha value is -3.29. The molecule has 1 aromatic heterocycles. The van der Waals surface area contributed by atoms with Crippen LogP contribution in [0.15, 0.2) is 53.1 Å². The van der Waals surface area contributed by atoms with Crippen LogP contribution >= 0.6 is 0 Å². The SMILES string of the molecule is C[C@H](Oc1ccccc1)C(=O)OCC(=O)NNC(=O)c1ccco1. The molecule has 8 heteroatoms. The average molecular weight is 332 g/mol. The van der Waals surface area contributed by atoms with E-state index in [-0.39, 0.29) is 5.76 Å². The molecule has 1 heterocycles. The molecule has 1 atom stereocenters. The first-order valence-corrected chi connectivity index (χ1v) is 7.07. The Kier molecular flexibility index (Phi) is 5.95. The highest BCUT2D eigenvalue weighted by molar-refractivity contribution is 5.93. The predicted octanol–water partition coefficient (Wildman–Crippen LogP) is 1.05. The van der Waals surface area contributed by atoms with Crippen LogP contribution in [0.2, 0.25) is 0 Å². The molecule has 0 aliphatic rings. The normalized spacial score (nSPS) is 11.2. The number of hydrogen-bond acceptors (Lipinski definition) is 6. The van der Waals surface area contributed by atoms with E-state index < -0.39 is 30.5 Å². The Morgan fingerprint density at radius 3 is 2.50 bits per heavy atom. The molecule has 1 aromatic carbocycles. The Balaban J connectivity index is 1.69. The zero-order chi connectivity index (χ0) is 17.4. The Labute approximate surface area is 137 Å². The average Bonchev–Trinajstić information content (AvgIpc) is 3.13. The standard InChI is InChI=1S/C16H16N2O6/c1-11(24-12-6-3-2-4-7-12)16(21)23-10-14(19)17-18-15(20)13-8-5-9-22-13/h2-9,11H,10H2,1H3,(H,17,19)(H,18,20)/t11-/m0/s1. The summed E-state index contributed by atoms with van der Waals surface area (Å²) in [5, 5.41) is 0. The fourth-order valence-corrected chi connectivity index (χ4v) is 1.64. The van der Waals surface area contributed by atoms with Gasteiger partial charge in [-0.3, -0.25) is 20.4 Å². The van der Waals surface area contributed by atoms with Gasteiger partial charge in [0, 0.05) is 0 Å². The van der Waals surface area contributed by atoms with E-state index in [9.17, 15) is 14.4 Å². The Bertz CT molecular complexity index is 684. The molecule has 0 saturated heterocycles. The van der Waals surface area contributed by atoms with Crippen molar-refractivity contribution in [3.63, 3.8) is 0 Å². The topological polar surface area (TPSA) is 107 Å². The second-order valence-electron chi connectivity index (χ2n) is 4.66. The van der Waals surface area contributed by atoms with Crippen LogP contribution in [-0.2, 0) is 14.3 Å². The highest BCUT2D eigenvalue weighted by Gasteiger charge is 2.18. The summed E-state index contributed by atoms with van der Waals surface area (Å²) >= 11 is 0. The molecule has 2 aromatic rings. The highest BCUT2D eigenvalue weighted by atomic mass is 16.6. The third-order valence-electron chi connectivity index (χ3n) is 2.79. The van der Waals surface area contributed by atoms with Gasteiger partial charge in [-0.1, -0.05) is 18.2 Å². The van der Waals surface area contributed by atoms with Crippen LogP contribution in [0, 0.1) is 0 Å². The van der Waals surface area contributed by atoms with E-state index in [2.05, 4.69) is 10.9 Å². The highest BCUT2D eigenvalue weighted by Crippen LogP contribution is 2.11. The van der Waals surface area contributed by atoms with E-state index in [1.54, 1.807) is 24.3 Å². The van der Waals surface area contributed by atoms with Crippen molar-refractivity contribution in [2.75, 3.05) is 6.61 Å². The van der Waals surface area contributed by atoms with Gasteiger partial charge in [0.25, 0.3) is 5.91 Å². The van der Waals surface area contributed by atoms with Gasteiger partial charge in [-0.25, -0.2) is 4.79 Å². The molecule has 0 fully saturated rings. The lowest BCUT2D eigenvalue weighted by Crippen LogP contribution is -2.44. The van der Waals surface area contributed by atoms with Gasteiger partial charge in [-0.15, -0.1) is 0 Å². The summed E-state index contributed by atoms with van der Waals surface area (Å²) in [5.41, 5.74) is 4.22. The monoisotopic (exact) mass is 332 g/mol. The second kappa shape index (κ2) is 8.37. The number of carbonyl (C=O) groups is 3. The molecule has 0 unspecified atom stereocenters. The van der Waals surface area contributed by atoms with Gasteiger partial charge < -0.3 is 13.9 Å². The fraction of sp³-hybridized carbons (Fsp3) is 0.188. The van der Waals surface area contributed by atoms with Crippen LogP contribution in [0.4, 0.5) is 0 Å². The van der Waals surface area contributed by atoms with Gasteiger partial charge in [-0.05, 0) is 31.2 Å². The summed E-state index contributed by atoms with van der Waals surface area (Å²) in [5.74, 6) is -1.48. The van der Waals surface area contributed by atoms with Crippen molar-refractivity contribution in [3.8, 4) is 5.75 Å². The van der Waals surface area contributed by atoms with E-state index in [4.69, 9.17) is 13.9 Å². The van der Waals surface area contributed by atoms with E-state index in [1.807, 2.05) is 6.07 Å². The molecule has 0 spiro atoms. The number of hydrazine groups is 1. The molecule has 0 aliphatic heterocycles. The number of rotatable bonds is 6. The number of ether oxygens (including phenoxy) is 2. The van der Waals surface area contributed by atoms with Crippen molar-refractivity contribution in [2.24, 2.45) is 0 Å². The van der Waals surface area contributed by atoms with Crippen LogP contribution < -0.4 is 15.6 Å². The van der Waals surface area contributed by atoms with E-state index in [1.165, 1.54) is 25.3 Å². The third kappa shape index (κ3) is 5.16. The van der Waals surface area contributed by atoms with Gasteiger partial charge >= 0.3 is 11.9 Å². The van der Waals surface area contributed by atoms with Crippen LogP contribution in [0.5, 0.6) is 5.75 Å². The summed E-state index contributed by atoms with van der Waals surface area (Å²) in [6.07, 6.45) is 0.449. The van der Waals surface area contributed by atoms with Crippen molar-refractivity contribution in [1.82, 2.24) is 10.9 Å². The van der Waals surface area contributed by atoms with Crippen molar-refractivity contribution >= 4 is 17.8 Å². The minimum Gasteiger partial charge on any atom is -0.479 e. The zero-order valence-electron chi connectivity index (χ0n) is 12.9. The van der Waals surface area contributed by atoms with Crippen LogP contribution in [0.1, 0.15) is 17.5 Å². The minimum absolute atomic E-state index is 0.0391. The predicted molar refractivity (Wildman–Crippen MR) is 81.8 cm³/mol. The fourth-order valence-electron chi connectivity index (χ4n) is 1.64. The van der Waals surface area contributed by atoms with E-state index in [0.29, 0.717) is 5.75 Å². The van der Waals surface area contributed by atoms with Gasteiger partial charge in [0.15, 0.2) is 18.5 Å². The molecular formula is C16H16N2O6. The molecule has 0 saturated carbocycles. The third-order valence-corrected chi connectivity index (χ3v) is 2.79. The molecule has 2 amide bonds. The molecule has 2 N–H and O–H groups in total. The summed E-state index contributed by atoms with van der Waals surface area (Å²) in [6, 6.07) is 11.7. The molecule has 24 heavy (non-hydrogen) atoms. The maximum absolute atomic E-state index is 11.7. The summed E-state index contributed by atoms with van der Waals surface area (Å²) < 4.78 is 15.0. The van der Waals surface area contributed by atoms with Crippen molar-refractivity contribution in [1.29, 1.82) is 0 Å². The number of carbonyl (C=O) groups excluding carboxylic acids is 3. The first-order valence-electron chi connectivity index (χ1n) is 7.07. The van der Waals surface area contributed by atoms with Gasteiger partial charge in [-0.2, -0.15) is 0 Å². The van der Waals surface area contributed by atoms with Gasteiger partial charge in [0.1, 0.15) is 5.75 Å². The number of benzene rings is 1. The zero-order valence-corrected chi connectivity index (χ0v) is 12.9. The van der Waals surface area contributed by atoms with Crippen molar-refractivity contribution < 1.29 is 28.3 Å². The maximum Gasteiger partial charge on any atom is 0.347 e.